The number of rotatable bonds is 10. The summed E-state index contributed by atoms with van der Waals surface area (Å²) in [5.41, 5.74) is 1.89. The van der Waals surface area contributed by atoms with E-state index < -0.39 is 6.04 Å². The van der Waals surface area contributed by atoms with Gasteiger partial charge in [0.05, 0.1) is 5.75 Å². The van der Waals surface area contributed by atoms with E-state index in [1.807, 2.05) is 44.2 Å². The SMILES string of the molecule is CC[C@@H](C)NC(=O)[C@@H](C)N(Cc1ccc(Br)cc1)C(=O)CSCc1ccc(Cl)cc1Cl. The maximum absolute atomic E-state index is 13.1. The molecule has 0 aliphatic heterocycles. The van der Waals surface area contributed by atoms with Crippen LogP contribution < -0.4 is 5.32 Å². The summed E-state index contributed by atoms with van der Waals surface area (Å²) in [6.45, 7) is 6.11. The highest BCUT2D eigenvalue weighted by atomic mass is 79.9. The number of benzene rings is 2. The van der Waals surface area contributed by atoms with Crippen LogP contribution in [0.1, 0.15) is 38.3 Å². The molecule has 0 radical (unpaired) electrons. The van der Waals surface area contributed by atoms with Crippen LogP contribution in [0.2, 0.25) is 10.0 Å². The molecule has 0 fully saturated rings. The second kappa shape index (κ2) is 12.7. The highest BCUT2D eigenvalue weighted by Crippen LogP contribution is 2.25. The second-order valence-corrected chi connectivity index (χ2v) is 10.1. The van der Waals surface area contributed by atoms with E-state index in [-0.39, 0.29) is 23.6 Å². The molecule has 2 amide bonds. The molecule has 0 aromatic heterocycles. The van der Waals surface area contributed by atoms with Crippen LogP contribution in [-0.2, 0) is 21.9 Å². The van der Waals surface area contributed by atoms with Crippen molar-refractivity contribution in [3.05, 3.63) is 68.1 Å². The number of carbonyl (C=O) groups excluding carboxylic acids is 2. The van der Waals surface area contributed by atoms with Crippen molar-refractivity contribution in [3.8, 4) is 0 Å². The van der Waals surface area contributed by atoms with E-state index in [4.69, 9.17) is 23.2 Å². The number of thioether (sulfide) groups is 1. The van der Waals surface area contributed by atoms with Crippen molar-refractivity contribution in [1.29, 1.82) is 0 Å². The lowest BCUT2D eigenvalue weighted by Crippen LogP contribution is -2.50. The average Bonchev–Trinajstić information content (AvgIpc) is 2.74. The fourth-order valence-corrected chi connectivity index (χ4v) is 4.54. The van der Waals surface area contributed by atoms with Crippen molar-refractivity contribution in [2.45, 2.75) is 51.6 Å². The van der Waals surface area contributed by atoms with Crippen molar-refractivity contribution in [3.63, 3.8) is 0 Å². The van der Waals surface area contributed by atoms with Gasteiger partial charge in [-0.1, -0.05) is 64.3 Å². The predicted molar refractivity (Wildman–Crippen MR) is 135 cm³/mol. The Labute approximate surface area is 207 Å². The zero-order chi connectivity index (χ0) is 23.0. The lowest BCUT2D eigenvalue weighted by Gasteiger charge is -2.29. The third kappa shape index (κ3) is 8.33. The third-order valence-corrected chi connectivity index (χ3v) is 7.01. The molecule has 0 saturated heterocycles. The molecule has 31 heavy (non-hydrogen) atoms. The lowest BCUT2D eigenvalue weighted by molar-refractivity contribution is -0.138. The van der Waals surface area contributed by atoms with Gasteiger partial charge in [-0.05, 0) is 55.7 Å². The number of carbonyl (C=O) groups is 2. The molecular weight excluding hydrogens is 519 g/mol. The molecule has 168 valence electrons. The molecule has 2 atom stereocenters. The van der Waals surface area contributed by atoms with Crippen LogP contribution in [0.15, 0.2) is 46.9 Å². The number of nitrogens with one attached hydrogen (secondary N) is 1. The first-order valence-electron chi connectivity index (χ1n) is 10.1. The molecule has 0 bridgehead atoms. The molecule has 1 N–H and O–H groups in total. The second-order valence-electron chi connectivity index (χ2n) is 7.37. The smallest absolute Gasteiger partial charge is 0.242 e. The van der Waals surface area contributed by atoms with Gasteiger partial charge in [0.1, 0.15) is 6.04 Å². The number of hydrogen-bond acceptors (Lipinski definition) is 3. The van der Waals surface area contributed by atoms with Gasteiger partial charge in [-0.3, -0.25) is 9.59 Å². The normalized spacial score (nSPS) is 12.8. The van der Waals surface area contributed by atoms with Gasteiger partial charge in [0.15, 0.2) is 0 Å². The summed E-state index contributed by atoms with van der Waals surface area (Å²) in [6, 6.07) is 12.6. The van der Waals surface area contributed by atoms with E-state index in [9.17, 15) is 9.59 Å². The highest BCUT2D eigenvalue weighted by Gasteiger charge is 2.26. The Balaban J connectivity index is 2.08. The zero-order valence-corrected chi connectivity index (χ0v) is 21.7. The van der Waals surface area contributed by atoms with E-state index >= 15 is 0 Å². The maximum Gasteiger partial charge on any atom is 0.242 e. The van der Waals surface area contributed by atoms with Crippen LogP contribution in [-0.4, -0.2) is 34.6 Å². The molecule has 0 spiro atoms. The van der Waals surface area contributed by atoms with Gasteiger partial charge in [0, 0.05) is 32.9 Å². The highest BCUT2D eigenvalue weighted by molar-refractivity contribution is 9.10. The Morgan fingerprint density at radius 1 is 1.13 bits per heavy atom. The van der Waals surface area contributed by atoms with Crippen LogP contribution in [0, 0.1) is 0 Å². The maximum atomic E-state index is 13.1. The van der Waals surface area contributed by atoms with E-state index in [2.05, 4.69) is 21.2 Å². The van der Waals surface area contributed by atoms with Crippen LogP contribution in [0.3, 0.4) is 0 Å². The quantitative estimate of drug-likeness (QED) is 0.380. The third-order valence-electron chi connectivity index (χ3n) is 4.93. The molecule has 0 aliphatic carbocycles. The molecule has 0 heterocycles. The Morgan fingerprint density at radius 2 is 1.81 bits per heavy atom. The van der Waals surface area contributed by atoms with Crippen molar-refractivity contribution in [2.24, 2.45) is 0 Å². The minimum Gasteiger partial charge on any atom is -0.352 e. The first-order valence-corrected chi connectivity index (χ1v) is 12.8. The van der Waals surface area contributed by atoms with Crippen molar-refractivity contribution < 1.29 is 9.59 Å². The number of halogens is 3. The Bertz CT molecular complexity index is 896. The van der Waals surface area contributed by atoms with Crippen LogP contribution >= 0.6 is 50.9 Å². The van der Waals surface area contributed by atoms with Crippen molar-refractivity contribution in [2.75, 3.05) is 5.75 Å². The molecule has 2 rings (SSSR count). The van der Waals surface area contributed by atoms with E-state index in [0.29, 0.717) is 22.3 Å². The van der Waals surface area contributed by atoms with Gasteiger partial charge in [0.2, 0.25) is 11.8 Å². The summed E-state index contributed by atoms with van der Waals surface area (Å²) in [5, 5.41) is 4.14. The van der Waals surface area contributed by atoms with Crippen LogP contribution in [0.4, 0.5) is 0 Å². The average molecular weight is 546 g/mol. The topological polar surface area (TPSA) is 49.4 Å². The molecule has 8 heteroatoms. The monoisotopic (exact) mass is 544 g/mol. The first kappa shape index (κ1) is 26.0. The molecule has 0 unspecified atom stereocenters. The molecule has 0 saturated carbocycles. The summed E-state index contributed by atoms with van der Waals surface area (Å²) >= 11 is 17.1. The summed E-state index contributed by atoms with van der Waals surface area (Å²) in [7, 11) is 0. The fourth-order valence-electron chi connectivity index (χ4n) is 2.80. The number of hydrogen-bond donors (Lipinski definition) is 1. The van der Waals surface area contributed by atoms with E-state index in [1.54, 1.807) is 24.0 Å². The van der Waals surface area contributed by atoms with Gasteiger partial charge < -0.3 is 10.2 Å². The van der Waals surface area contributed by atoms with Crippen LogP contribution in [0.5, 0.6) is 0 Å². The molecule has 2 aromatic carbocycles. The van der Waals surface area contributed by atoms with E-state index in [0.717, 1.165) is 22.0 Å². The van der Waals surface area contributed by atoms with E-state index in [1.165, 1.54) is 11.8 Å². The molecular formula is C23H27BrCl2N2O2S. The van der Waals surface area contributed by atoms with Gasteiger partial charge in [-0.25, -0.2) is 0 Å². The molecule has 0 aliphatic rings. The van der Waals surface area contributed by atoms with Gasteiger partial charge in [-0.15, -0.1) is 11.8 Å². The number of nitrogens with zero attached hydrogens (tertiary/aromatic N) is 1. The zero-order valence-electron chi connectivity index (χ0n) is 17.8. The summed E-state index contributed by atoms with van der Waals surface area (Å²) < 4.78 is 0.965. The van der Waals surface area contributed by atoms with Gasteiger partial charge in [0.25, 0.3) is 0 Å². The summed E-state index contributed by atoms with van der Waals surface area (Å²) in [6.07, 6.45) is 0.830. The molecule has 4 nitrogen and oxygen atoms in total. The Kier molecular flexibility index (Phi) is 10.7. The Morgan fingerprint density at radius 3 is 2.42 bits per heavy atom. The minimum absolute atomic E-state index is 0.0565. The Hall–Kier alpha value is -1.21. The standard InChI is InChI=1S/C23H27BrCl2N2O2S/c1-4-15(2)27-23(30)16(3)28(12-17-5-8-19(24)9-6-17)22(29)14-31-13-18-7-10-20(25)11-21(18)26/h5-11,15-16H,4,12-14H2,1-3H3,(H,27,30)/t15-,16-/m1/s1. The van der Waals surface area contributed by atoms with Crippen LogP contribution in [0.25, 0.3) is 0 Å². The number of amides is 2. The van der Waals surface area contributed by atoms with Gasteiger partial charge >= 0.3 is 0 Å². The van der Waals surface area contributed by atoms with Crippen molar-refractivity contribution in [1.82, 2.24) is 10.2 Å². The first-order chi connectivity index (χ1) is 14.7. The predicted octanol–water partition coefficient (Wildman–Crippen LogP) is 6.32. The minimum atomic E-state index is -0.579. The summed E-state index contributed by atoms with van der Waals surface area (Å²) in [4.78, 5) is 27.5. The lowest BCUT2D eigenvalue weighted by atomic mass is 10.1. The van der Waals surface area contributed by atoms with Gasteiger partial charge in [-0.2, -0.15) is 0 Å². The van der Waals surface area contributed by atoms with Crippen molar-refractivity contribution >= 4 is 62.7 Å². The fraction of sp³-hybridized carbons (Fsp3) is 0.391. The molecule has 2 aromatic rings. The largest absolute Gasteiger partial charge is 0.352 e. The summed E-state index contributed by atoms with van der Waals surface area (Å²) in [5.74, 6) is 0.591.